The van der Waals surface area contributed by atoms with Gasteiger partial charge in [0, 0.05) is 29.3 Å². The smallest absolute Gasteiger partial charge is 0.252 e. The molecule has 1 aromatic rings. The quantitative estimate of drug-likeness (QED) is 0.928. The average molecular weight is 310 g/mol. The van der Waals surface area contributed by atoms with E-state index in [0.717, 1.165) is 18.2 Å². The van der Waals surface area contributed by atoms with E-state index in [1.54, 1.807) is 11.3 Å². The molecule has 3 heterocycles. The molecule has 0 unspecified atom stereocenters. The highest BCUT2D eigenvalue weighted by Gasteiger charge is 2.27. The van der Waals surface area contributed by atoms with Crippen molar-refractivity contribution in [3.05, 3.63) is 22.4 Å². The molecule has 1 aromatic heterocycles. The summed E-state index contributed by atoms with van der Waals surface area (Å²) in [6.07, 6.45) is 3.82. The second-order valence-corrected chi connectivity index (χ2v) is 7.65. The summed E-state index contributed by atoms with van der Waals surface area (Å²) in [4.78, 5) is 14.6. The van der Waals surface area contributed by atoms with Gasteiger partial charge in [-0.05, 0) is 55.5 Å². The van der Waals surface area contributed by atoms with E-state index in [1.807, 2.05) is 16.8 Å². The van der Waals surface area contributed by atoms with Crippen LogP contribution < -0.4 is 5.32 Å². The van der Waals surface area contributed by atoms with Crippen molar-refractivity contribution in [1.82, 2.24) is 10.2 Å². The van der Waals surface area contributed by atoms with Crippen LogP contribution in [0.2, 0.25) is 0 Å². The van der Waals surface area contributed by atoms with Gasteiger partial charge in [0.15, 0.2) is 0 Å². The Bertz CT molecular complexity index is 421. The van der Waals surface area contributed by atoms with Crippen LogP contribution in [0.3, 0.4) is 0 Å². The fourth-order valence-corrected chi connectivity index (χ4v) is 4.96. The van der Waals surface area contributed by atoms with Gasteiger partial charge in [0.2, 0.25) is 0 Å². The van der Waals surface area contributed by atoms with Crippen LogP contribution in [-0.4, -0.2) is 48.0 Å². The maximum atomic E-state index is 11.9. The summed E-state index contributed by atoms with van der Waals surface area (Å²) in [6.45, 7) is 3.26. The van der Waals surface area contributed by atoms with E-state index in [9.17, 15) is 4.79 Å². The fourth-order valence-electron chi connectivity index (χ4n) is 3.07. The molecule has 5 heteroatoms. The van der Waals surface area contributed by atoms with E-state index < -0.39 is 0 Å². The fraction of sp³-hybridized carbons (Fsp3) is 0.667. The number of piperidine rings is 1. The largest absolute Gasteiger partial charge is 0.352 e. The number of amides is 1. The third-order valence-corrected chi connectivity index (χ3v) is 6.23. The molecule has 110 valence electrons. The summed E-state index contributed by atoms with van der Waals surface area (Å²) in [5.74, 6) is 3.39. The Morgan fingerprint density at radius 3 is 2.85 bits per heavy atom. The summed E-state index contributed by atoms with van der Waals surface area (Å²) in [5.41, 5.74) is 0.801. The Balaban J connectivity index is 1.39. The van der Waals surface area contributed by atoms with Crippen molar-refractivity contribution in [2.24, 2.45) is 5.92 Å². The Morgan fingerprint density at radius 2 is 2.20 bits per heavy atom. The van der Waals surface area contributed by atoms with Gasteiger partial charge in [-0.2, -0.15) is 23.1 Å². The van der Waals surface area contributed by atoms with Gasteiger partial charge in [-0.3, -0.25) is 9.69 Å². The van der Waals surface area contributed by atoms with Gasteiger partial charge in [-0.1, -0.05) is 0 Å². The highest BCUT2D eigenvalue weighted by Crippen LogP contribution is 2.26. The van der Waals surface area contributed by atoms with Crippen molar-refractivity contribution < 1.29 is 4.79 Å². The van der Waals surface area contributed by atoms with Crippen molar-refractivity contribution in [3.8, 4) is 0 Å². The second kappa shape index (κ2) is 6.96. The van der Waals surface area contributed by atoms with E-state index in [4.69, 9.17) is 0 Å². The molecule has 2 saturated heterocycles. The molecule has 0 aliphatic carbocycles. The molecule has 0 bridgehead atoms. The molecule has 20 heavy (non-hydrogen) atoms. The predicted molar refractivity (Wildman–Crippen MR) is 86.7 cm³/mol. The zero-order valence-electron chi connectivity index (χ0n) is 11.7. The zero-order valence-corrected chi connectivity index (χ0v) is 13.3. The third-order valence-electron chi connectivity index (χ3n) is 4.41. The van der Waals surface area contributed by atoms with Crippen LogP contribution in [0.15, 0.2) is 16.8 Å². The summed E-state index contributed by atoms with van der Waals surface area (Å²) in [7, 11) is 0. The topological polar surface area (TPSA) is 32.3 Å². The van der Waals surface area contributed by atoms with E-state index in [0.29, 0.717) is 5.92 Å². The first-order valence-corrected chi connectivity index (χ1v) is 9.55. The molecule has 2 aliphatic heterocycles. The SMILES string of the molecule is O=C(NCC1CCN([C@@H]2CCSC2)CC1)c1ccsc1. The van der Waals surface area contributed by atoms with Crippen LogP contribution in [0.25, 0.3) is 0 Å². The number of thiophene rings is 1. The number of hydrogen-bond acceptors (Lipinski definition) is 4. The van der Waals surface area contributed by atoms with E-state index >= 15 is 0 Å². The Kier molecular flexibility index (Phi) is 5.02. The lowest BCUT2D eigenvalue weighted by Crippen LogP contribution is -2.43. The molecule has 0 radical (unpaired) electrons. The van der Waals surface area contributed by atoms with Gasteiger partial charge in [0.25, 0.3) is 5.91 Å². The highest BCUT2D eigenvalue weighted by atomic mass is 32.2. The van der Waals surface area contributed by atoms with Crippen molar-refractivity contribution in [3.63, 3.8) is 0 Å². The number of carbonyl (C=O) groups excluding carboxylic acids is 1. The van der Waals surface area contributed by atoms with Crippen molar-refractivity contribution in [2.45, 2.75) is 25.3 Å². The normalized spacial score (nSPS) is 24.9. The van der Waals surface area contributed by atoms with Crippen molar-refractivity contribution >= 4 is 29.0 Å². The molecular weight excluding hydrogens is 288 g/mol. The van der Waals surface area contributed by atoms with Crippen LogP contribution >= 0.6 is 23.1 Å². The summed E-state index contributed by atoms with van der Waals surface area (Å²) in [5, 5.41) is 6.95. The summed E-state index contributed by atoms with van der Waals surface area (Å²) < 4.78 is 0. The van der Waals surface area contributed by atoms with Crippen LogP contribution in [-0.2, 0) is 0 Å². The zero-order chi connectivity index (χ0) is 13.8. The number of thioether (sulfide) groups is 1. The van der Waals surface area contributed by atoms with Crippen LogP contribution in [0.5, 0.6) is 0 Å². The summed E-state index contributed by atoms with van der Waals surface area (Å²) in [6, 6.07) is 2.71. The van der Waals surface area contributed by atoms with Gasteiger partial charge in [-0.15, -0.1) is 0 Å². The average Bonchev–Trinajstić information content (AvgIpc) is 3.18. The molecule has 0 aromatic carbocycles. The molecule has 0 saturated carbocycles. The van der Waals surface area contributed by atoms with E-state index in [1.165, 1.54) is 43.9 Å². The molecule has 1 N–H and O–H groups in total. The summed E-state index contributed by atoms with van der Waals surface area (Å²) >= 11 is 3.67. The van der Waals surface area contributed by atoms with E-state index in [-0.39, 0.29) is 5.91 Å². The first-order chi connectivity index (χ1) is 9.83. The lowest BCUT2D eigenvalue weighted by Gasteiger charge is -2.35. The first-order valence-electron chi connectivity index (χ1n) is 7.45. The standard InChI is InChI=1S/C15H22N2OS2/c18-15(13-3-7-19-10-13)16-9-12-1-5-17(6-2-12)14-4-8-20-11-14/h3,7,10,12,14H,1-2,4-6,8-9,11H2,(H,16,18)/t14-/m1/s1. The van der Waals surface area contributed by atoms with Crippen LogP contribution in [0.4, 0.5) is 0 Å². The minimum absolute atomic E-state index is 0.0841. The predicted octanol–water partition coefficient (Wildman–Crippen LogP) is 2.70. The number of nitrogens with zero attached hydrogens (tertiary/aromatic N) is 1. The molecule has 1 amide bonds. The lowest BCUT2D eigenvalue weighted by atomic mass is 9.95. The maximum Gasteiger partial charge on any atom is 0.252 e. The molecule has 1 atom stereocenters. The minimum Gasteiger partial charge on any atom is -0.352 e. The number of carbonyl (C=O) groups is 1. The molecule has 0 spiro atoms. The molecular formula is C15H22N2OS2. The van der Waals surface area contributed by atoms with E-state index in [2.05, 4.69) is 22.0 Å². The Hall–Kier alpha value is -0.520. The van der Waals surface area contributed by atoms with Crippen LogP contribution in [0, 0.1) is 5.92 Å². The second-order valence-electron chi connectivity index (χ2n) is 5.72. The monoisotopic (exact) mass is 310 g/mol. The number of nitrogens with one attached hydrogen (secondary N) is 1. The molecule has 3 nitrogen and oxygen atoms in total. The van der Waals surface area contributed by atoms with Gasteiger partial charge in [0.05, 0.1) is 0 Å². The van der Waals surface area contributed by atoms with Gasteiger partial charge < -0.3 is 5.32 Å². The van der Waals surface area contributed by atoms with Gasteiger partial charge in [-0.25, -0.2) is 0 Å². The van der Waals surface area contributed by atoms with Gasteiger partial charge in [0.1, 0.15) is 0 Å². The Morgan fingerprint density at radius 1 is 1.35 bits per heavy atom. The molecule has 3 rings (SSSR count). The van der Waals surface area contributed by atoms with Crippen LogP contribution in [0.1, 0.15) is 29.6 Å². The highest BCUT2D eigenvalue weighted by molar-refractivity contribution is 7.99. The molecule has 2 fully saturated rings. The minimum atomic E-state index is 0.0841. The first kappa shape index (κ1) is 14.4. The Labute approximate surface area is 129 Å². The van der Waals surface area contributed by atoms with Crippen molar-refractivity contribution in [2.75, 3.05) is 31.1 Å². The van der Waals surface area contributed by atoms with Crippen molar-refractivity contribution in [1.29, 1.82) is 0 Å². The molecule has 2 aliphatic rings. The third kappa shape index (κ3) is 3.57. The number of likely N-dealkylation sites (tertiary alicyclic amines) is 1. The lowest BCUT2D eigenvalue weighted by molar-refractivity contribution is 0.0929. The number of rotatable bonds is 4. The van der Waals surface area contributed by atoms with Gasteiger partial charge >= 0.3 is 0 Å². The number of hydrogen-bond donors (Lipinski definition) is 1. The maximum absolute atomic E-state index is 11.9.